The zero-order valence-electron chi connectivity index (χ0n) is 17.8. The van der Waals surface area contributed by atoms with Crippen molar-refractivity contribution in [3.8, 4) is 23.0 Å². The standard InChI is InChI=1S/C23H28O7/c1-14-15(2)23(27-12-17-6-8-19-21(10-17)29-13-28-19)30-22(14)26-11-16-5-7-18(24-3)20(9-16)25-4/h5-10,14-15,22-23H,11-13H2,1-4H3/t14-,15-,22+,23-/m0/s1. The molecule has 0 bridgehead atoms. The average molecular weight is 416 g/mol. The fourth-order valence-corrected chi connectivity index (χ4v) is 3.62. The number of rotatable bonds is 8. The molecule has 0 aliphatic carbocycles. The molecule has 1 saturated heterocycles. The topological polar surface area (TPSA) is 64.6 Å². The molecule has 0 saturated carbocycles. The van der Waals surface area contributed by atoms with Crippen LogP contribution in [0.1, 0.15) is 25.0 Å². The summed E-state index contributed by atoms with van der Waals surface area (Å²) in [5.41, 5.74) is 2.00. The highest BCUT2D eigenvalue weighted by atomic mass is 16.8. The highest BCUT2D eigenvalue weighted by Gasteiger charge is 2.40. The lowest BCUT2D eigenvalue weighted by Gasteiger charge is -2.17. The highest BCUT2D eigenvalue weighted by molar-refractivity contribution is 5.44. The SMILES string of the molecule is COc1ccc(CO[C@@H]2O[C@H](OCc3ccc4c(c3)OCO4)[C@@H](C)[C@@H]2C)cc1OC. The minimum atomic E-state index is -0.338. The molecule has 162 valence electrons. The van der Waals surface area contributed by atoms with Gasteiger partial charge in [-0.3, -0.25) is 0 Å². The molecule has 2 aromatic rings. The van der Waals surface area contributed by atoms with Crippen molar-refractivity contribution in [3.63, 3.8) is 0 Å². The van der Waals surface area contributed by atoms with Gasteiger partial charge in [-0.25, -0.2) is 0 Å². The van der Waals surface area contributed by atoms with Crippen LogP contribution in [-0.2, 0) is 27.4 Å². The van der Waals surface area contributed by atoms with Gasteiger partial charge in [0.05, 0.1) is 27.4 Å². The molecule has 4 rings (SSSR count). The van der Waals surface area contributed by atoms with E-state index in [0.717, 1.165) is 22.6 Å². The van der Waals surface area contributed by atoms with Crippen LogP contribution in [0, 0.1) is 11.8 Å². The van der Waals surface area contributed by atoms with E-state index >= 15 is 0 Å². The first-order chi connectivity index (χ1) is 14.6. The molecule has 0 aromatic heterocycles. The fourth-order valence-electron chi connectivity index (χ4n) is 3.62. The molecule has 2 heterocycles. The molecule has 0 amide bonds. The third-order valence-electron chi connectivity index (χ3n) is 5.67. The second kappa shape index (κ2) is 9.12. The lowest BCUT2D eigenvalue weighted by molar-refractivity contribution is -0.221. The smallest absolute Gasteiger partial charge is 0.231 e. The highest BCUT2D eigenvalue weighted by Crippen LogP contribution is 2.36. The van der Waals surface area contributed by atoms with Crippen LogP contribution in [0.15, 0.2) is 36.4 Å². The van der Waals surface area contributed by atoms with Crippen LogP contribution in [0.3, 0.4) is 0 Å². The number of ether oxygens (including phenoxy) is 7. The predicted molar refractivity (Wildman–Crippen MR) is 109 cm³/mol. The largest absolute Gasteiger partial charge is 0.493 e. The zero-order valence-corrected chi connectivity index (χ0v) is 17.8. The van der Waals surface area contributed by atoms with Crippen LogP contribution in [-0.4, -0.2) is 33.6 Å². The minimum Gasteiger partial charge on any atom is -0.493 e. The molecule has 2 aliphatic heterocycles. The molecule has 7 nitrogen and oxygen atoms in total. The Balaban J connectivity index is 1.32. The first-order valence-electron chi connectivity index (χ1n) is 10.1. The lowest BCUT2D eigenvalue weighted by atomic mass is 9.98. The van der Waals surface area contributed by atoms with Crippen LogP contribution < -0.4 is 18.9 Å². The quantitative estimate of drug-likeness (QED) is 0.641. The van der Waals surface area contributed by atoms with Crippen molar-refractivity contribution in [2.45, 2.75) is 39.6 Å². The van der Waals surface area contributed by atoms with Crippen molar-refractivity contribution < 1.29 is 33.2 Å². The van der Waals surface area contributed by atoms with Gasteiger partial charge in [0.25, 0.3) is 0 Å². The zero-order chi connectivity index (χ0) is 21.1. The van der Waals surface area contributed by atoms with Gasteiger partial charge in [-0.15, -0.1) is 0 Å². The second-order valence-corrected chi connectivity index (χ2v) is 7.59. The summed E-state index contributed by atoms with van der Waals surface area (Å²) in [4.78, 5) is 0. The first-order valence-corrected chi connectivity index (χ1v) is 10.1. The van der Waals surface area contributed by atoms with E-state index < -0.39 is 0 Å². The fraction of sp³-hybridized carbons (Fsp3) is 0.478. The van der Waals surface area contributed by atoms with Crippen molar-refractivity contribution in [2.75, 3.05) is 21.0 Å². The molecular weight excluding hydrogens is 388 g/mol. The van der Waals surface area contributed by atoms with Crippen LogP contribution in [0.4, 0.5) is 0 Å². The van der Waals surface area contributed by atoms with E-state index in [0.29, 0.717) is 24.7 Å². The molecule has 7 heteroatoms. The van der Waals surface area contributed by atoms with Gasteiger partial charge >= 0.3 is 0 Å². The van der Waals surface area contributed by atoms with Gasteiger partial charge in [0.2, 0.25) is 6.79 Å². The molecule has 4 atom stereocenters. The lowest BCUT2D eigenvalue weighted by Crippen LogP contribution is -2.19. The molecule has 0 radical (unpaired) electrons. The van der Waals surface area contributed by atoms with Crippen LogP contribution in [0.5, 0.6) is 23.0 Å². The minimum absolute atomic E-state index is 0.201. The summed E-state index contributed by atoms with van der Waals surface area (Å²) in [5.74, 6) is 3.29. The van der Waals surface area contributed by atoms with Crippen molar-refractivity contribution >= 4 is 0 Å². The number of hydrogen-bond acceptors (Lipinski definition) is 7. The number of benzene rings is 2. The van der Waals surface area contributed by atoms with Gasteiger partial charge in [0, 0.05) is 11.8 Å². The second-order valence-electron chi connectivity index (χ2n) is 7.59. The van der Waals surface area contributed by atoms with E-state index in [9.17, 15) is 0 Å². The molecule has 0 spiro atoms. The van der Waals surface area contributed by atoms with Gasteiger partial charge in [-0.1, -0.05) is 26.0 Å². The maximum absolute atomic E-state index is 6.07. The number of methoxy groups -OCH3 is 2. The predicted octanol–water partition coefficient (Wildman–Crippen LogP) is 4.12. The monoisotopic (exact) mass is 416 g/mol. The summed E-state index contributed by atoms with van der Waals surface area (Å²) >= 11 is 0. The molecule has 2 aliphatic rings. The Kier molecular flexibility index (Phi) is 6.32. The Morgan fingerprint density at radius 3 is 2.03 bits per heavy atom. The van der Waals surface area contributed by atoms with Crippen molar-refractivity contribution in [2.24, 2.45) is 11.8 Å². The Labute approximate surface area is 176 Å². The van der Waals surface area contributed by atoms with E-state index in [2.05, 4.69) is 13.8 Å². The van der Waals surface area contributed by atoms with E-state index in [4.69, 9.17) is 33.2 Å². The average Bonchev–Trinajstić information content (AvgIpc) is 3.35. The Hall–Kier alpha value is -2.48. The van der Waals surface area contributed by atoms with Crippen LogP contribution in [0.2, 0.25) is 0 Å². The molecule has 2 aromatic carbocycles. The van der Waals surface area contributed by atoms with Crippen molar-refractivity contribution in [1.29, 1.82) is 0 Å². The van der Waals surface area contributed by atoms with Gasteiger partial charge in [0.1, 0.15) is 0 Å². The first kappa shape index (κ1) is 20.8. The molecule has 0 N–H and O–H groups in total. The van der Waals surface area contributed by atoms with Crippen molar-refractivity contribution in [3.05, 3.63) is 47.5 Å². The van der Waals surface area contributed by atoms with E-state index in [1.807, 2.05) is 36.4 Å². The van der Waals surface area contributed by atoms with Gasteiger partial charge in [-0.2, -0.15) is 0 Å². The summed E-state index contributed by atoms with van der Waals surface area (Å²) in [7, 11) is 3.24. The van der Waals surface area contributed by atoms with Crippen molar-refractivity contribution in [1.82, 2.24) is 0 Å². The Morgan fingerprint density at radius 2 is 1.37 bits per heavy atom. The molecular formula is C23H28O7. The van der Waals surface area contributed by atoms with E-state index in [-0.39, 0.29) is 31.2 Å². The van der Waals surface area contributed by atoms with E-state index in [1.165, 1.54) is 0 Å². The molecule has 1 fully saturated rings. The van der Waals surface area contributed by atoms with Gasteiger partial charge in [0.15, 0.2) is 35.6 Å². The molecule has 30 heavy (non-hydrogen) atoms. The maximum atomic E-state index is 6.07. The summed E-state index contributed by atoms with van der Waals surface area (Å²) in [6.45, 7) is 5.35. The summed E-state index contributed by atoms with van der Waals surface area (Å²) < 4.78 is 39.6. The van der Waals surface area contributed by atoms with Crippen LogP contribution in [0.25, 0.3) is 0 Å². The van der Waals surface area contributed by atoms with Gasteiger partial charge in [-0.05, 0) is 35.4 Å². The van der Waals surface area contributed by atoms with Crippen LogP contribution >= 0.6 is 0 Å². The number of hydrogen-bond donors (Lipinski definition) is 0. The normalized spacial score (nSPS) is 24.8. The summed E-state index contributed by atoms with van der Waals surface area (Å²) in [6, 6.07) is 11.6. The number of fused-ring (bicyclic) bond motifs is 1. The Morgan fingerprint density at radius 1 is 0.767 bits per heavy atom. The van der Waals surface area contributed by atoms with Gasteiger partial charge < -0.3 is 33.2 Å². The summed E-state index contributed by atoms with van der Waals surface area (Å²) in [5, 5.41) is 0. The molecule has 0 unspecified atom stereocenters. The third-order valence-corrected chi connectivity index (χ3v) is 5.67. The maximum Gasteiger partial charge on any atom is 0.231 e. The van der Waals surface area contributed by atoms with E-state index in [1.54, 1.807) is 14.2 Å². The Bertz CT molecular complexity index is 869. The summed E-state index contributed by atoms with van der Waals surface area (Å²) in [6.07, 6.45) is -0.671. The third kappa shape index (κ3) is 4.33.